The van der Waals surface area contributed by atoms with Crippen LogP contribution in [0.4, 0.5) is 0 Å². The molecule has 6 rings (SSSR count). The lowest BCUT2D eigenvalue weighted by Crippen LogP contribution is -2.61. The van der Waals surface area contributed by atoms with Gasteiger partial charge >= 0.3 is 17.9 Å². The van der Waals surface area contributed by atoms with Crippen molar-refractivity contribution in [2.75, 3.05) is 6.61 Å². The third-order valence-electron chi connectivity index (χ3n) is 7.95. The van der Waals surface area contributed by atoms with Crippen LogP contribution >= 0.6 is 0 Å². The summed E-state index contributed by atoms with van der Waals surface area (Å²) in [5, 5.41) is 0. The van der Waals surface area contributed by atoms with E-state index in [0.29, 0.717) is 16.8 Å². The summed E-state index contributed by atoms with van der Waals surface area (Å²) in [7, 11) is -2.06. The van der Waals surface area contributed by atoms with Crippen molar-refractivity contribution >= 4 is 38.8 Å². The molecule has 1 fully saturated rings. The monoisotopic (exact) mass is 653 g/mol. The average Bonchev–Trinajstić information content (AvgIpc) is 3.68. The number of carbonyl (C=O) groups excluding carboxylic acids is 3. The molecule has 0 saturated carbocycles. The summed E-state index contributed by atoms with van der Waals surface area (Å²) in [5.41, 5.74) is 7.72. The molecule has 13 heteroatoms. The van der Waals surface area contributed by atoms with Gasteiger partial charge in [0, 0.05) is 0 Å². The normalized spacial score (nSPS) is 23.4. The minimum atomic E-state index is -2.06. The van der Waals surface area contributed by atoms with Gasteiger partial charge in [0.15, 0.2) is 32.5 Å². The van der Waals surface area contributed by atoms with Gasteiger partial charge in [-0.25, -0.2) is 24.4 Å². The fourth-order valence-electron chi connectivity index (χ4n) is 5.57. The Labute approximate surface area is 273 Å². The van der Waals surface area contributed by atoms with Crippen LogP contribution in [0.15, 0.2) is 112 Å². The number of nitrogens with two attached hydrogens (primary N) is 1. The highest BCUT2D eigenvalue weighted by atomic mass is 28.3. The van der Waals surface area contributed by atoms with Crippen LogP contribution in [0, 0.1) is 0 Å². The number of fused-ring (bicyclic) bond motifs is 1. The van der Waals surface area contributed by atoms with Crippen molar-refractivity contribution in [2.24, 2.45) is 15.7 Å². The van der Waals surface area contributed by atoms with Crippen LogP contribution in [0.25, 0.3) is 0 Å². The second kappa shape index (κ2) is 13.2. The Morgan fingerprint density at radius 2 is 1.26 bits per heavy atom. The van der Waals surface area contributed by atoms with Gasteiger partial charge in [0.05, 0.1) is 29.4 Å². The Kier molecular flexibility index (Phi) is 8.92. The number of carbonyl (C=O) groups is 3. The SMILES string of the molecule is C[Si](C)(C)N1C=NC2=C(N)N=CN([C@@H]3O[C@H](COC(=O)c4ccccc4)C(OC(=O)c4ccccc4)C3OC(=O)c3ccccc3)C21. The van der Waals surface area contributed by atoms with E-state index in [0.717, 1.165) is 0 Å². The molecule has 0 radical (unpaired) electrons. The fourth-order valence-corrected chi connectivity index (χ4v) is 6.96. The summed E-state index contributed by atoms with van der Waals surface area (Å²) in [4.78, 5) is 50.8. The van der Waals surface area contributed by atoms with E-state index in [4.69, 9.17) is 24.7 Å². The van der Waals surface area contributed by atoms with Crippen molar-refractivity contribution in [3.63, 3.8) is 0 Å². The summed E-state index contributed by atoms with van der Waals surface area (Å²) in [6.07, 6.45) is -1.72. The molecule has 12 nitrogen and oxygen atoms in total. The molecule has 3 aromatic carbocycles. The second-order valence-electron chi connectivity index (χ2n) is 12.2. The summed E-state index contributed by atoms with van der Waals surface area (Å²) >= 11 is 0. The number of hydrogen-bond acceptors (Lipinski definition) is 12. The van der Waals surface area contributed by atoms with Gasteiger partial charge < -0.3 is 34.1 Å². The number of aliphatic imine (C=N–C) groups is 2. The van der Waals surface area contributed by atoms with E-state index in [2.05, 4.69) is 34.2 Å². The van der Waals surface area contributed by atoms with E-state index in [1.807, 2.05) is 0 Å². The molecular weight excluding hydrogens is 618 g/mol. The van der Waals surface area contributed by atoms with Crippen molar-refractivity contribution < 1.29 is 33.3 Å². The Morgan fingerprint density at radius 3 is 1.79 bits per heavy atom. The molecule has 0 spiro atoms. The third-order valence-corrected chi connectivity index (χ3v) is 9.86. The Morgan fingerprint density at radius 1 is 0.745 bits per heavy atom. The average molecular weight is 654 g/mol. The minimum absolute atomic E-state index is 0.250. The molecular formula is C34H35N5O7Si. The van der Waals surface area contributed by atoms with Crippen molar-refractivity contribution in [3.8, 4) is 0 Å². The van der Waals surface area contributed by atoms with Gasteiger partial charge in [0.2, 0.25) is 0 Å². The summed E-state index contributed by atoms with van der Waals surface area (Å²) in [5.74, 6) is -1.65. The van der Waals surface area contributed by atoms with Gasteiger partial charge in [0.25, 0.3) is 0 Å². The highest BCUT2D eigenvalue weighted by Gasteiger charge is 2.56. The molecule has 2 N–H and O–H groups in total. The second-order valence-corrected chi connectivity index (χ2v) is 17.0. The zero-order valence-corrected chi connectivity index (χ0v) is 27.1. The molecule has 47 heavy (non-hydrogen) atoms. The molecule has 242 valence electrons. The standard InChI is InChI=1S/C34H35N5O7Si/c1-47(2,3)39-21-36-26-29(35)37-20-38(30(26)39)31-28(46-34(42)24-17-11-6-12-18-24)27(45-33(41)23-15-9-5-10-16-23)25(44-31)19-43-32(40)22-13-7-4-8-14-22/h4-18,20-21,25,27-28,30-31H,19,35H2,1-3H3/t25-,27?,28?,30?,31-/m1/s1. The summed E-state index contributed by atoms with van der Waals surface area (Å²) in [6.45, 7) is 6.16. The van der Waals surface area contributed by atoms with E-state index in [1.54, 1.807) is 102 Å². The molecule has 3 heterocycles. The first-order chi connectivity index (χ1) is 22.6. The first-order valence-corrected chi connectivity index (χ1v) is 18.6. The number of benzene rings is 3. The molecule has 0 aromatic heterocycles. The van der Waals surface area contributed by atoms with Crippen LogP contribution in [0.5, 0.6) is 0 Å². The summed E-state index contributed by atoms with van der Waals surface area (Å²) < 4.78 is 26.6. The van der Waals surface area contributed by atoms with Crippen molar-refractivity contribution in [1.82, 2.24) is 9.47 Å². The van der Waals surface area contributed by atoms with Gasteiger partial charge in [-0.2, -0.15) is 0 Å². The predicted molar refractivity (Wildman–Crippen MR) is 176 cm³/mol. The fraction of sp³-hybridized carbons (Fsp3) is 0.265. The molecule has 0 amide bonds. The zero-order valence-electron chi connectivity index (χ0n) is 26.1. The molecule has 3 aliphatic heterocycles. The highest BCUT2D eigenvalue weighted by Crippen LogP contribution is 2.37. The van der Waals surface area contributed by atoms with Gasteiger partial charge in [-0.3, -0.25) is 0 Å². The minimum Gasteiger partial charge on any atom is -0.459 e. The number of rotatable bonds is 9. The van der Waals surface area contributed by atoms with Crippen LogP contribution in [-0.4, -0.2) is 85.6 Å². The Bertz CT molecular complexity index is 1710. The van der Waals surface area contributed by atoms with Gasteiger partial charge in [-0.15, -0.1) is 0 Å². The first-order valence-electron chi connectivity index (χ1n) is 15.2. The lowest BCUT2D eigenvalue weighted by atomic mass is 10.1. The molecule has 5 atom stereocenters. The zero-order chi connectivity index (χ0) is 33.1. The van der Waals surface area contributed by atoms with E-state index in [1.165, 1.54) is 6.34 Å². The number of hydrogen-bond donors (Lipinski definition) is 1. The van der Waals surface area contributed by atoms with Crippen LogP contribution < -0.4 is 5.73 Å². The van der Waals surface area contributed by atoms with E-state index >= 15 is 0 Å². The van der Waals surface area contributed by atoms with Gasteiger partial charge in [0.1, 0.15) is 24.6 Å². The van der Waals surface area contributed by atoms with Gasteiger partial charge in [-0.1, -0.05) is 74.2 Å². The van der Waals surface area contributed by atoms with Gasteiger partial charge in [-0.05, 0) is 36.4 Å². The number of ether oxygens (including phenoxy) is 4. The quantitative estimate of drug-likeness (QED) is 0.204. The highest BCUT2D eigenvalue weighted by molar-refractivity contribution is 6.75. The molecule has 3 unspecified atom stereocenters. The Hall–Kier alpha value is -5.27. The van der Waals surface area contributed by atoms with Crippen LogP contribution in [0.2, 0.25) is 19.6 Å². The van der Waals surface area contributed by atoms with Crippen molar-refractivity contribution in [3.05, 3.63) is 119 Å². The molecule has 1 saturated heterocycles. The van der Waals surface area contributed by atoms with E-state index in [-0.39, 0.29) is 18.0 Å². The molecule has 0 bridgehead atoms. The maximum Gasteiger partial charge on any atom is 0.338 e. The van der Waals surface area contributed by atoms with Crippen molar-refractivity contribution in [2.45, 2.75) is 50.3 Å². The lowest BCUT2D eigenvalue weighted by Gasteiger charge is -2.44. The first kappa shape index (κ1) is 31.7. The molecule has 0 aliphatic carbocycles. The van der Waals surface area contributed by atoms with Crippen LogP contribution in [-0.2, 0) is 18.9 Å². The molecule has 3 aromatic rings. The van der Waals surface area contributed by atoms with Crippen LogP contribution in [0.1, 0.15) is 31.1 Å². The topological polar surface area (TPSA) is 145 Å². The summed E-state index contributed by atoms with van der Waals surface area (Å²) in [6, 6.07) is 25.4. The maximum atomic E-state index is 13.6. The molecule has 3 aliphatic rings. The van der Waals surface area contributed by atoms with Crippen LogP contribution in [0.3, 0.4) is 0 Å². The maximum absolute atomic E-state index is 13.6. The predicted octanol–water partition coefficient (Wildman–Crippen LogP) is 4.00. The van der Waals surface area contributed by atoms with E-state index < -0.39 is 56.8 Å². The number of nitrogens with zero attached hydrogens (tertiary/aromatic N) is 4. The Balaban J connectivity index is 1.37. The number of esters is 3. The van der Waals surface area contributed by atoms with E-state index in [9.17, 15) is 14.4 Å². The van der Waals surface area contributed by atoms with Crippen molar-refractivity contribution in [1.29, 1.82) is 0 Å². The third kappa shape index (κ3) is 6.67. The largest absolute Gasteiger partial charge is 0.459 e. The smallest absolute Gasteiger partial charge is 0.338 e. The lowest BCUT2D eigenvalue weighted by molar-refractivity contribution is -0.0905.